The summed E-state index contributed by atoms with van der Waals surface area (Å²) in [5.74, 6) is 0.124. The van der Waals surface area contributed by atoms with Gasteiger partial charge in [0.2, 0.25) is 0 Å². The highest BCUT2D eigenvalue weighted by atomic mass is 19.4. The molecule has 0 saturated heterocycles. The van der Waals surface area contributed by atoms with Gasteiger partial charge in [-0.2, -0.15) is 44.6 Å². The number of ether oxygens (including phenoxy) is 1. The number of rotatable bonds is 6. The highest BCUT2D eigenvalue weighted by Gasteiger charge is 2.37. The van der Waals surface area contributed by atoms with Gasteiger partial charge >= 0.3 is 18.5 Å². The zero-order chi connectivity index (χ0) is 30.3. The Labute approximate surface area is 232 Å². The van der Waals surface area contributed by atoms with Crippen LogP contribution in [0.1, 0.15) is 27.8 Å². The number of alkyl halides is 9. The van der Waals surface area contributed by atoms with E-state index < -0.39 is 41.8 Å². The van der Waals surface area contributed by atoms with E-state index in [0.29, 0.717) is 23.4 Å². The van der Waals surface area contributed by atoms with Crippen LogP contribution >= 0.6 is 0 Å². The van der Waals surface area contributed by atoms with Crippen LogP contribution in [0, 0.1) is 0 Å². The van der Waals surface area contributed by atoms with Crippen molar-refractivity contribution in [2.75, 3.05) is 0 Å². The standard InChI is InChI=1S/C30H19F9N2O/c31-28(32,33)21-13-19(14-22(15-21)29(34,35)36)17-42-23-11-9-20(10-12-23)27-24-7-4-8-25(30(37,38)39)26(24)40-41(27)16-18-5-2-1-3-6-18/h1-15H,16-17H2. The van der Waals surface area contributed by atoms with Gasteiger partial charge in [0.25, 0.3) is 0 Å². The Hall–Kier alpha value is -4.48. The molecule has 5 rings (SSSR count). The first-order chi connectivity index (χ1) is 19.7. The summed E-state index contributed by atoms with van der Waals surface area (Å²) in [6, 6.07) is 19.8. The van der Waals surface area contributed by atoms with E-state index in [-0.39, 0.29) is 34.8 Å². The quantitative estimate of drug-likeness (QED) is 0.183. The Morgan fingerprint density at radius 1 is 0.619 bits per heavy atom. The normalized spacial score (nSPS) is 12.6. The van der Waals surface area contributed by atoms with Crippen molar-refractivity contribution < 1.29 is 44.3 Å². The van der Waals surface area contributed by atoms with Crippen molar-refractivity contribution in [1.29, 1.82) is 0 Å². The van der Waals surface area contributed by atoms with Gasteiger partial charge in [0.1, 0.15) is 17.9 Å². The average Bonchev–Trinajstić information content (AvgIpc) is 3.29. The molecule has 0 spiro atoms. The van der Waals surface area contributed by atoms with Crippen LogP contribution in [0.3, 0.4) is 0 Å². The number of hydrogen-bond donors (Lipinski definition) is 0. The predicted octanol–water partition coefficient (Wildman–Crippen LogP) is 9.39. The first-order valence-electron chi connectivity index (χ1n) is 12.3. The molecule has 0 atom stereocenters. The fraction of sp³-hybridized carbons (Fsp3) is 0.167. The molecule has 0 N–H and O–H groups in total. The summed E-state index contributed by atoms with van der Waals surface area (Å²) < 4.78 is 127. The van der Waals surface area contributed by atoms with E-state index in [2.05, 4.69) is 5.10 Å². The summed E-state index contributed by atoms with van der Waals surface area (Å²) in [7, 11) is 0. The maximum absolute atomic E-state index is 13.8. The molecular weight excluding hydrogens is 575 g/mol. The first-order valence-corrected chi connectivity index (χ1v) is 12.3. The zero-order valence-corrected chi connectivity index (χ0v) is 21.3. The molecule has 1 heterocycles. The molecule has 42 heavy (non-hydrogen) atoms. The van der Waals surface area contributed by atoms with Crippen molar-refractivity contribution >= 4 is 10.9 Å². The van der Waals surface area contributed by atoms with Crippen molar-refractivity contribution in [3.63, 3.8) is 0 Å². The van der Waals surface area contributed by atoms with Gasteiger partial charge in [-0.1, -0.05) is 42.5 Å². The number of halogens is 9. The molecule has 3 nitrogen and oxygen atoms in total. The lowest BCUT2D eigenvalue weighted by Crippen LogP contribution is -2.12. The van der Waals surface area contributed by atoms with Crippen LogP contribution in [-0.2, 0) is 31.7 Å². The average molecular weight is 594 g/mol. The number of aromatic nitrogens is 2. The number of nitrogens with zero attached hydrogens (tertiary/aromatic N) is 2. The Balaban J connectivity index is 1.47. The lowest BCUT2D eigenvalue weighted by atomic mass is 10.0. The Morgan fingerprint density at radius 3 is 1.81 bits per heavy atom. The smallest absolute Gasteiger partial charge is 0.418 e. The van der Waals surface area contributed by atoms with Gasteiger partial charge < -0.3 is 4.74 Å². The van der Waals surface area contributed by atoms with Gasteiger partial charge in [0, 0.05) is 10.9 Å². The van der Waals surface area contributed by atoms with Gasteiger partial charge in [0.05, 0.1) is 28.9 Å². The molecule has 0 aliphatic heterocycles. The summed E-state index contributed by atoms with van der Waals surface area (Å²) >= 11 is 0. The lowest BCUT2D eigenvalue weighted by molar-refractivity contribution is -0.143. The molecule has 0 fully saturated rings. The van der Waals surface area contributed by atoms with Gasteiger partial charge in [-0.15, -0.1) is 0 Å². The Morgan fingerprint density at radius 2 is 1.24 bits per heavy atom. The van der Waals surface area contributed by atoms with Gasteiger partial charge in [-0.05, 0) is 59.7 Å². The monoisotopic (exact) mass is 594 g/mol. The van der Waals surface area contributed by atoms with Crippen LogP contribution in [0.4, 0.5) is 39.5 Å². The van der Waals surface area contributed by atoms with Crippen molar-refractivity contribution in [1.82, 2.24) is 9.78 Å². The van der Waals surface area contributed by atoms with Crippen LogP contribution < -0.4 is 4.74 Å². The van der Waals surface area contributed by atoms with E-state index in [1.807, 2.05) is 0 Å². The Bertz CT molecular complexity index is 1670. The second kappa shape index (κ2) is 10.7. The SMILES string of the molecule is FC(F)(F)c1cc(COc2ccc(-c3c4cccc(C(F)(F)F)c4nn3Cc3ccccc3)cc2)cc(C(F)(F)F)c1. The zero-order valence-electron chi connectivity index (χ0n) is 21.3. The van der Waals surface area contributed by atoms with Crippen LogP contribution in [0.15, 0.2) is 91.0 Å². The summed E-state index contributed by atoms with van der Waals surface area (Å²) in [4.78, 5) is 0. The third-order valence-corrected chi connectivity index (χ3v) is 6.43. The first kappa shape index (κ1) is 29.0. The minimum Gasteiger partial charge on any atom is -0.489 e. The van der Waals surface area contributed by atoms with Crippen LogP contribution in [0.2, 0.25) is 0 Å². The van der Waals surface area contributed by atoms with Crippen LogP contribution in [0.5, 0.6) is 5.75 Å². The van der Waals surface area contributed by atoms with Crippen molar-refractivity contribution in [3.05, 3.63) is 119 Å². The minimum atomic E-state index is -4.99. The molecule has 0 aliphatic carbocycles. The molecule has 5 aromatic rings. The second-order valence-electron chi connectivity index (χ2n) is 9.42. The van der Waals surface area contributed by atoms with E-state index >= 15 is 0 Å². The largest absolute Gasteiger partial charge is 0.489 e. The fourth-order valence-electron chi connectivity index (χ4n) is 4.53. The van der Waals surface area contributed by atoms with Crippen LogP contribution in [0.25, 0.3) is 22.2 Å². The molecule has 4 aromatic carbocycles. The third kappa shape index (κ3) is 6.22. The molecule has 0 bridgehead atoms. The highest BCUT2D eigenvalue weighted by Crippen LogP contribution is 2.39. The number of benzene rings is 4. The maximum atomic E-state index is 13.8. The van der Waals surface area contributed by atoms with Crippen molar-refractivity contribution in [2.24, 2.45) is 0 Å². The van der Waals surface area contributed by atoms with E-state index in [4.69, 9.17) is 4.74 Å². The number of hydrogen-bond acceptors (Lipinski definition) is 2. The molecule has 0 saturated carbocycles. The van der Waals surface area contributed by atoms with Crippen LogP contribution in [-0.4, -0.2) is 9.78 Å². The second-order valence-corrected chi connectivity index (χ2v) is 9.42. The summed E-state index contributed by atoms with van der Waals surface area (Å²) in [5, 5.41) is 4.54. The van der Waals surface area contributed by atoms with Gasteiger partial charge in [0.15, 0.2) is 0 Å². The topological polar surface area (TPSA) is 27.1 Å². The van der Waals surface area contributed by atoms with E-state index in [1.165, 1.54) is 41.1 Å². The maximum Gasteiger partial charge on any atom is 0.418 e. The third-order valence-electron chi connectivity index (χ3n) is 6.43. The molecule has 1 aromatic heterocycles. The summed E-state index contributed by atoms with van der Waals surface area (Å²) in [5.41, 5.74) is -2.73. The summed E-state index contributed by atoms with van der Waals surface area (Å²) in [6.45, 7) is -0.423. The molecule has 12 heteroatoms. The van der Waals surface area contributed by atoms with E-state index in [9.17, 15) is 39.5 Å². The molecule has 0 aliphatic rings. The van der Waals surface area contributed by atoms with E-state index in [0.717, 1.165) is 11.6 Å². The van der Waals surface area contributed by atoms with Gasteiger partial charge in [-0.25, -0.2) is 0 Å². The molecular formula is C30H19F9N2O. The molecule has 218 valence electrons. The minimum absolute atomic E-state index is 0.0331. The van der Waals surface area contributed by atoms with Crippen molar-refractivity contribution in [2.45, 2.75) is 31.7 Å². The number of fused-ring (bicyclic) bond motifs is 1. The van der Waals surface area contributed by atoms with Crippen molar-refractivity contribution in [3.8, 4) is 17.0 Å². The summed E-state index contributed by atoms with van der Waals surface area (Å²) in [6.07, 6.45) is -14.6. The predicted molar refractivity (Wildman–Crippen MR) is 136 cm³/mol. The Kier molecular flexibility index (Phi) is 7.42. The van der Waals surface area contributed by atoms with E-state index in [1.54, 1.807) is 30.3 Å². The molecule has 0 amide bonds. The fourth-order valence-corrected chi connectivity index (χ4v) is 4.53. The van der Waals surface area contributed by atoms with Gasteiger partial charge in [-0.3, -0.25) is 4.68 Å². The lowest BCUT2D eigenvalue weighted by Gasteiger charge is -2.15. The molecule has 0 unspecified atom stereocenters. The molecule has 0 radical (unpaired) electrons. The highest BCUT2D eigenvalue weighted by molar-refractivity contribution is 5.95.